The first kappa shape index (κ1) is 16.1. The van der Waals surface area contributed by atoms with Crippen LogP contribution in [0.1, 0.15) is 22.7 Å². The zero-order chi connectivity index (χ0) is 16.6. The fourth-order valence-corrected chi connectivity index (χ4v) is 3.66. The molecule has 120 valence electrons. The molecule has 1 aliphatic rings. The van der Waals surface area contributed by atoms with Gasteiger partial charge in [-0.25, -0.2) is 8.42 Å². The van der Waals surface area contributed by atoms with Gasteiger partial charge in [-0.15, -0.1) is 4.41 Å². The molecule has 3 rings (SSSR count). The fraction of sp³-hybridized carbons (Fsp3) is 0.176. The maximum absolute atomic E-state index is 12.1. The molecule has 2 aromatic rings. The number of hydrogen-bond donors (Lipinski definition) is 1. The molecule has 0 spiro atoms. The molecular formula is C17H17ClN2O2S. The Kier molecular flexibility index (Phi) is 4.19. The third-order valence-corrected chi connectivity index (χ3v) is 5.13. The number of aryl methyl sites for hydroxylation is 1. The maximum atomic E-state index is 12.1. The highest BCUT2D eigenvalue weighted by molar-refractivity contribution is 7.88. The van der Waals surface area contributed by atoms with Crippen LogP contribution in [-0.4, -0.2) is 19.1 Å². The van der Waals surface area contributed by atoms with E-state index in [1.54, 1.807) is 6.07 Å². The van der Waals surface area contributed by atoms with Crippen LogP contribution in [0.25, 0.3) is 5.70 Å². The van der Waals surface area contributed by atoms with Gasteiger partial charge in [0.25, 0.3) is 0 Å². The molecule has 4 nitrogen and oxygen atoms in total. The number of nitrogens with zero attached hydrogens (tertiary/aromatic N) is 1. The van der Waals surface area contributed by atoms with Crippen molar-refractivity contribution in [1.29, 1.82) is 0 Å². The second kappa shape index (κ2) is 6.00. The Labute approximate surface area is 141 Å². The van der Waals surface area contributed by atoms with E-state index in [4.69, 9.17) is 11.6 Å². The Bertz CT molecular complexity index is 860. The van der Waals surface area contributed by atoms with Gasteiger partial charge in [0.05, 0.1) is 18.0 Å². The lowest BCUT2D eigenvalue weighted by Gasteiger charge is -2.23. The van der Waals surface area contributed by atoms with E-state index in [1.165, 1.54) is 10.7 Å². The van der Waals surface area contributed by atoms with Gasteiger partial charge in [-0.2, -0.15) is 0 Å². The number of halogens is 1. The lowest BCUT2D eigenvalue weighted by molar-refractivity contribution is 0.351. The molecular weight excluding hydrogens is 332 g/mol. The molecule has 6 heteroatoms. The maximum Gasteiger partial charge on any atom is 0.228 e. The minimum atomic E-state index is -3.45. The quantitative estimate of drug-likeness (QED) is 0.923. The second-order valence-corrected chi connectivity index (χ2v) is 7.85. The molecule has 1 atom stereocenters. The lowest BCUT2D eigenvalue weighted by atomic mass is 10.0. The fourth-order valence-electron chi connectivity index (χ4n) is 2.57. The van der Waals surface area contributed by atoms with Gasteiger partial charge in [-0.05, 0) is 30.2 Å². The molecule has 1 aliphatic heterocycles. The van der Waals surface area contributed by atoms with Crippen LogP contribution in [0.2, 0.25) is 5.02 Å². The average molecular weight is 349 g/mol. The summed E-state index contributed by atoms with van der Waals surface area (Å²) in [6.07, 6.45) is 3.06. The molecule has 0 amide bonds. The van der Waals surface area contributed by atoms with Gasteiger partial charge in [-0.3, -0.25) is 0 Å². The van der Waals surface area contributed by atoms with E-state index in [1.807, 2.05) is 55.5 Å². The third kappa shape index (κ3) is 3.27. The van der Waals surface area contributed by atoms with Crippen molar-refractivity contribution >= 4 is 27.3 Å². The summed E-state index contributed by atoms with van der Waals surface area (Å²) in [6.45, 7) is 2.01. The molecule has 0 radical (unpaired) electrons. The zero-order valence-corrected chi connectivity index (χ0v) is 14.4. The Hall–Kier alpha value is -1.82. The highest BCUT2D eigenvalue weighted by Gasteiger charge is 2.34. The summed E-state index contributed by atoms with van der Waals surface area (Å²) < 4.78 is 25.5. The Balaban J connectivity index is 2.06. The minimum Gasteiger partial charge on any atom is -0.304 e. The van der Waals surface area contributed by atoms with Gasteiger partial charge in [0.15, 0.2) is 0 Å². The van der Waals surface area contributed by atoms with Gasteiger partial charge >= 0.3 is 0 Å². The van der Waals surface area contributed by atoms with Gasteiger partial charge in [0, 0.05) is 5.02 Å². The summed E-state index contributed by atoms with van der Waals surface area (Å²) in [5.41, 5.74) is 6.56. The van der Waals surface area contributed by atoms with Gasteiger partial charge in [-0.1, -0.05) is 59.6 Å². The number of rotatable bonds is 3. The van der Waals surface area contributed by atoms with E-state index in [0.717, 1.165) is 22.4 Å². The predicted octanol–water partition coefficient (Wildman–Crippen LogP) is 3.51. The highest BCUT2D eigenvalue weighted by atomic mass is 35.5. The Morgan fingerprint density at radius 2 is 1.74 bits per heavy atom. The van der Waals surface area contributed by atoms with E-state index >= 15 is 0 Å². The predicted molar refractivity (Wildman–Crippen MR) is 93.2 cm³/mol. The largest absolute Gasteiger partial charge is 0.304 e. The van der Waals surface area contributed by atoms with Crippen molar-refractivity contribution in [2.24, 2.45) is 0 Å². The van der Waals surface area contributed by atoms with Crippen molar-refractivity contribution in [2.75, 3.05) is 6.26 Å². The summed E-state index contributed by atoms with van der Waals surface area (Å²) in [7, 11) is -3.45. The molecule has 0 bridgehead atoms. The van der Waals surface area contributed by atoms with Crippen molar-refractivity contribution < 1.29 is 8.42 Å². The van der Waals surface area contributed by atoms with E-state index < -0.39 is 16.1 Å². The van der Waals surface area contributed by atoms with Crippen LogP contribution in [0, 0.1) is 6.92 Å². The normalized spacial score (nSPS) is 18.6. The van der Waals surface area contributed by atoms with Crippen LogP contribution in [0.4, 0.5) is 0 Å². The molecule has 1 N–H and O–H groups in total. The monoisotopic (exact) mass is 348 g/mol. The summed E-state index contributed by atoms with van der Waals surface area (Å²) in [5, 5.41) is 0.536. The second-order valence-electron chi connectivity index (χ2n) is 5.58. The number of hydrogen-bond acceptors (Lipinski definition) is 3. The van der Waals surface area contributed by atoms with Crippen LogP contribution in [0.5, 0.6) is 0 Å². The number of sulfonamides is 1. The molecule has 1 heterocycles. The minimum absolute atomic E-state index is 0.477. The number of benzene rings is 2. The Morgan fingerprint density at radius 3 is 2.35 bits per heavy atom. The van der Waals surface area contributed by atoms with Crippen LogP contribution < -0.4 is 5.43 Å². The van der Waals surface area contributed by atoms with E-state index in [0.29, 0.717) is 5.02 Å². The molecule has 23 heavy (non-hydrogen) atoms. The van der Waals surface area contributed by atoms with Crippen LogP contribution >= 0.6 is 11.6 Å². The topological polar surface area (TPSA) is 49.4 Å². The zero-order valence-electron chi connectivity index (χ0n) is 12.8. The number of hydrazine groups is 1. The first-order chi connectivity index (χ1) is 10.9. The summed E-state index contributed by atoms with van der Waals surface area (Å²) in [4.78, 5) is 0. The summed E-state index contributed by atoms with van der Waals surface area (Å²) in [6, 6.07) is 14.7. The average Bonchev–Trinajstić information content (AvgIpc) is 2.93. The molecule has 0 fully saturated rings. The van der Waals surface area contributed by atoms with E-state index in [2.05, 4.69) is 5.43 Å². The van der Waals surface area contributed by atoms with Crippen molar-refractivity contribution in [3.8, 4) is 0 Å². The number of nitrogens with one attached hydrogen (secondary N) is 1. The molecule has 0 aliphatic carbocycles. The Morgan fingerprint density at radius 1 is 1.09 bits per heavy atom. The van der Waals surface area contributed by atoms with Gasteiger partial charge in [0.1, 0.15) is 0 Å². The van der Waals surface area contributed by atoms with Crippen LogP contribution in [0.3, 0.4) is 0 Å². The molecule has 0 saturated carbocycles. The van der Waals surface area contributed by atoms with Crippen molar-refractivity contribution in [3.63, 3.8) is 0 Å². The van der Waals surface area contributed by atoms with Crippen LogP contribution in [-0.2, 0) is 10.0 Å². The van der Waals surface area contributed by atoms with Crippen LogP contribution in [0.15, 0.2) is 54.6 Å². The third-order valence-electron chi connectivity index (χ3n) is 3.75. The van der Waals surface area contributed by atoms with Crippen molar-refractivity contribution in [3.05, 3.63) is 76.3 Å². The van der Waals surface area contributed by atoms with Crippen molar-refractivity contribution in [1.82, 2.24) is 9.84 Å². The standard InChI is InChI=1S/C17H17ClN2O2S/c1-12-7-9-13(10-8-12)16-11-17(20(19-16)23(2,21)22)14-5-3-4-6-15(14)18/h3-11,17,19H,1-2H3. The van der Waals surface area contributed by atoms with Gasteiger partial charge < -0.3 is 5.43 Å². The molecule has 1 unspecified atom stereocenters. The lowest BCUT2D eigenvalue weighted by Crippen LogP contribution is -2.38. The summed E-state index contributed by atoms with van der Waals surface area (Å²) in [5.74, 6) is 0. The highest BCUT2D eigenvalue weighted by Crippen LogP contribution is 2.35. The van der Waals surface area contributed by atoms with E-state index in [-0.39, 0.29) is 0 Å². The molecule has 2 aromatic carbocycles. The van der Waals surface area contributed by atoms with Crippen molar-refractivity contribution in [2.45, 2.75) is 13.0 Å². The van der Waals surface area contributed by atoms with E-state index in [9.17, 15) is 8.42 Å². The first-order valence-corrected chi connectivity index (χ1v) is 9.38. The SMILES string of the molecule is Cc1ccc(C2=CC(c3ccccc3Cl)N(S(C)(=O)=O)N2)cc1. The smallest absolute Gasteiger partial charge is 0.228 e. The first-order valence-electron chi connectivity index (χ1n) is 7.15. The summed E-state index contributed by atoms with van der Waals surface area (Å²) >= 11 is 6.26. The molecule has 0 saturated heterocycles. The molecule has 0 aromatic heterocycles. The van der Waals surface area contributed by atoms with Gasteiger partial charge in [0.2, 0.25) is 10.0 Å².